The van der Waals surface area contributed by atoms with Crippen molar-refractivity contribution in [2.24, 2.45) is 5.41 Å². The van der Waals surface area contributed by atoms with Gasteiger partial charge < -0.3 is 19.3 Å². The zero-order valence-corrected chi connectivity index (χ0v) is 17.3. The van der Waals surface area contributed by atoms with Crippen LogP contribution in [0.1, 0.15) is 72.1 Å². The van der Waals surface area contributed by atoms with Crippen molar-refractivity contribution < 1.29 is 33.7 Å². The van der Waals surface area contributed by atoms with Crippen molar-refractivity contribution in [1.82, 2.24) is 0 Å². The molecule has 0 radical (unpaired) electrons. The lowest BCUT2D eigenvalue weighted by atomic mass is 9.85. The Bertz CT molecular complexity index is 535. The minimum atomic E-state index is -1.61. The first-order valence-corrected chi connectivity index (χ1v) is 10.3. The topological polar surface area (TPSA) is 99.1 Å². The van der Waals surface area contributed by atoms with Gasteiger partial charge in [0, 0.05) is 12.5 Å². The lowest BCUT2D eigenvalue weighted by Gasteiger charge is -2.23. The van der Waals surface area contributed by atoms with Crippen LogP contribution in [0, 0.1) is 5.41 Å². The zero-order chi connectivity index (χ0) is 21.0. The van der Waals surface area contributed by atoms with Gasteiger partial charge in [0.1, 0.15) is 0 Å². The summed E-state index contributed by atoms with van der Waals surface area (Å²) in [5.74, 6) is -2.06. The van der Waals surface area contributed by atoms with Crippen molar-refractivity contribution in [3.05, 3.63) is 11.6 Å². The Hall–Kier alpha value is -1.89. The molecule has 0 heterocycles. The smallest absolute Gasteiger partial charge is 0.330 e. The Labute approximate surface area is 167 Å². The van der Waals surface area contributed by atoms with Gasteiger partial charge in [0.05, 0.1) is 25.9 Å². The summed E-state index contributed by atoms with van der Waals surface area (Å²) in [7, 11) is 0. The van der Waals surface area contributed by atoms with Gasteiger partial charge in [-0.3, -0.25) is 9.59 Å². The first-order valence-electron chi connectivity index (χ1n) is 10.3. The Morgan fingerprint density at radius 1 is 0.964 bits per heavy atom. The van der Waals surface area contributed by atoms with Crippen LogP contribution in [-0.4, -0.2) is 48.9 Å². The summed E-state index contributed by atoms with van der Waals surface area (Å²) in [6.07, 6.45) is 6.29. The van der Waals surface area contributed by atoms with Gasteiger partial charge in [-0.25, -0.2) is 4.79 Å². The molecule has 1 aliphatic rings. The first kappa shape index (κ1) is 24.1. The standard InChI is InChI=1S/C21H34O7/c1-4-7-8-9-10-11-12-28-18(23)13-16-14-21(15-17(16)22,19(24)26-5-2)20(25)27-6-3/h13,17,22H,4-12,14-15H2,1-3H3/b16-13+. The lowest BCUT2D eigenvalue weighted by molar-refractivity contribution is -0.172. The molecule has 0 bridgehead atoms. The Morgan fingerprint density at radius 3 is 2.11 bits per heavy atom. The largest absolute Gasteiger partial charge is 0.465 e. The molecular formula is C21H34O7. The number of aliphatic hydroxyl groups is 1. The van der Waals surface area contributed by atoms with Crippen molar-refractivity contribution >= 4 is 17.9 Å². The fourth-order valence-electron chi connectivity index (χ4n) is 3.33. The van der Waals surface area contributed by atoms with E-state index in [0.29, 0.717) is 6.61 Å². The number of hydrogen-bond donors (Lipinski definition) is 1. The SMILES string of the molecule is CCCCCCCCOC(=O)/C=C1\CC(C(=O)OCC)(C(=O)OCC)CC1O. The highest BCUT2D eigenvalue weighted by Gasteiger charge is 2.55. The second-order valence-electron chi connectivity index (χ2n) is 7.07. The maximum Gasteiger partial charge on any atom is 0.330 e. The maximum atomic E-state index is 12.4. The van der Waals surface area contributed by atoms with E-state index >= 15 is 0 Å². The molecule has 1 saturated carbocycles. The fraction of sp³-hybridized carbons (Fsp3) is 0.762. The number of aliphatic hydroxyl groups excluding tert-OH is 1. The summed E-state index contributed by atoms with van der Waals surface area (Å²) in [6, 6.07) is 0. The Morgan fingerprint density at radius 2 is 1.54 bits per heavy atom. The van der Waals surface area contributed by atoms with E-state index in [1.807, 2.05) is 0 Å². The van der Waals surface area contributed by atoms with Crippen LogP contribution in [0.4, 0.5) is 0 Å². The van der Waals surface area contributed by atoms with Gasteiger partial charge in [0.2, 0.25) is 0 Å². The summed E-state index contributed by atoms with van der Waals surface area (Å²) < 4.78 is 15.2. The van der Waals surface area contributed by atoms with E-state index < -0.39 is 29.4 Å². The first-order chi connectivity index (χ1) is 13.4. The average molecular weight is 398 g/mol. The molecule has 160 valence electrons. The summed E-state index contributed by atoms with van der Waals surface area (Å²) in [4.78, 5) is 36.8. The highest BCUT2D eigenvalue weighted by molar-refractivity contribution is 6.01. The van der Waals surface area contributed by atoms with Crippen molar-refractivity contribution in [1.29, 1.82) is 0 Å². The molecule has 7 nitrogen and oxygen atoms in total. The van der Waals surface area contributed by atoms with Crippen molar-refractivity contribution in [3.8, 4) is 0 Å². The highest BCUT2D eigenvalue weighted by atomic mass is 16.6. The summed E-state index contributed by atoms with van der Waals surface area (Å²) in [5.41, 5.74) is -1.33. The molecule has 0 spiro atoms. The predicted octanol–water partition coefficient (Wildman–Crippen LogP) is 3.08. The predicted molar refractivity (Wildman–Crippen MR) is 103 cm³/mol. The molecule has 7 heteroatoms. The zero-order valence-electron chi connectivity index (χ0n) is 17.3. The quantitative estimate of drug-likeness (QED) is 0.177. The summed E-state index contributed by atoms with van der Waals surface area (Å²) in [5, 5.41) is 10.3. The fourth-order valence-corrected chi connectivity index (χ4v) is 3.33. The minimum absolute atomic E-state index is 0.107. The van der Waals surface area contributed by atoms with Crippen LogP contribution in [-0.2, 0) is 28.6 Å². The van der Waals surface area contributed by atoms with Crippen LogP contribution in [0.3, 0.4) is 0 Å². The highest BCUT2D eigenvalue weighted by Crippen LogP contribution is 2.44. The molecule has 28 heavy (non-hydrogen) atoms. The van der Waals surface area contributed by atoms with Crippen molar-refractivity contribution in [3.63, 3.8) is 0 Å². The van der Waals surface area contributed by atoms with E-state index in [2.05, 4.69) is 6.92 Å². The Balaban J connectivity index is 2.66. The minimum Gasteiger partial charge on any atom is -0.465 e. The number of esters is 3. The summed E-state index contributed by atoms with van der Waals surface area (Å²) >= 11 is 0. The number of ether oxygens (including phenoxy) is 3. The second kappa shape index (κ2) is 12.5. The second-order valence-corrected chi connectivity index (χ2v) is 7.07. The summed E-state index contributed by atoms with van der Waals surface area (Å²) in [6.45, 7) is 5.96. The number of unbranched alkanes of at least 4 members (excludes halogenated alkanes) is 5. The number of hydrogen-bond acceptors (Lipinski definition) is 7. The molecule has 0 aromatic rings. The normalized spacial score (nSPS) is 19.4. The molecule has 0 aromatic carbocycles. The van der Waals surface area contributed by atoms with Crippen LogP contribution in [0.25, 0.3) is 0 Å². The number of rotatable bonds is 12. The van der Waals surface area contributed by atoms with Crippen LogP contribution < -0.4 is 0 Å². The van der Waals surface area contributed by atoms with E-state index in [1.54, 1.807) is 13.8 Å². The molecule has 1 unspecified atom stereocenters. The van der Waals surface area contributed by atoms with Crippen LogP contribution >= 0.6 is 0 Å². The number of carbonyl (C=O) groups excluding carboxylic acids is 3. The molecule has 0 aliphatic heterocycles. The third-order valence-corrected chi connectivity index (χ3v) is 4.85. The monoisotopic (exact) mass is 398 g/mol. The van der Waals surface area contributed by atoms with Gasteiger partial charge in [0.25, 0.3) is 0 Å². The van der Waals surface area contributed by atoms with Crippen molar-refractivity contribution in [2.75, 3.05) is 19.8 Å². The molecule has 1 rings (SSSR count). The van der Waals surface area contributed by atoms with Gasteiger partial charge in [0.15, 0.2) is 5.41 Å². The molecule has 1 aliphatic carbocycles. The van der Waals surface area contributed by atoms with Gasteiger partial charge >= 0.3 is 17.9 Å². The van der Waals surface area contributed by atoms with Crippen LogP contribution in [0.2, 0.25) is 0 Å². The molecule has 0 amide bonds. The van der Waals surface area contributed by atoms with Crippen LogP contribution in [0.15, 0.2) is 11.6 Å². The molecular weight excluding hydrogens is 364 g/mol. The third-order valence-electron chi connectivity index (χ3n) is 4.85. The van der Waals surface area contributed by atoms with Gasteiger partial charge in [-0.05, 0) is 32.3 Å². The molecule has 1 atom stereocenters. The third kappa shape index (κ3) is 6.93. The maximum absolute atomic E-state index is 12.4. The molecule has 0 aromatic heterocycles. The van der Waals surface area contributed by atoms with Gasteiger partial charge in [-0.15, -0.1) is 0 Å². The van der Waals surface area contributed by atoms with E-state index in [9.17, 15) is 19.5 Å². The number of carbonyl (C=O) groups is 3. The van der Waals surface area contributed by atoms with Gasteiger partial charge in [-0.2, -0.15) is 0 Å². The van der Waals surface area contributed by atoms with Crippen molar-refractivity contribution in [2.45, 2.75) is 78.2 Å². The van der Waals surface area contributed by atoms with E-state index in [1.165, 1.54) is 25.3 Å². The molecule has 0 saturated heterocycles. The van der Waals surface area contributed by atoms with Crippen LogP contribution in [0.5, 0.6) is 0 Å². The Kier molecular flexibility index (Phi) is 10.8. The van der Waals surface area contributed by atoms with E-state index in [-0.39, 0.29) is 31.6 Å². The van der Waals surface area contributed by atoms with Gasteiger partial charge in [-0.1, -0.05) is 39.0 Å². The molecule has 1 fully saturated rings. The molecule has 1 N–H and O–H groups in total. The average Bonchev–Trinajstić information content (AvgIpc) is 2.99. The van der Waals surface area contributed by atoms with E-state index in [4.69, 9.17) is 14.2 Å². The lowest BCUT2D eigenvalue weighted by Crippen LogP contribution is -2.40. The van der Waals surface area contributed by atoms with E-state index in [0.717, 1.165) is 19.3 Å².